The predicted octanol–water partition coefficient (Wildman–Crippen LogP) is 6.63. The number of ether oxygens (including phenoxy) is 2. The fourth-order valence-corrected chi connectivity index (χ4v) is 5.15. The van der Waals surface area contributed by atoms with Crippen LogP contribution in [0.2, 0.25) is 10.0 Å². The van der Waals surface area contributed by atoms with Gasteiger partial charge < -0.3 is 18.9 Å². The van der Waals surface area contributed by atoms with Crippen LogP contribution in [-0.2, 0) is 20.9 Å². The number of carbonyl (C=O) groups is 1. The molecule has 3 aromatic rings. The van der Waals surface area contributed by atoms with Gasteiger partial charge in [0.15, 0.2) is 0 Å². The van der Waals surface area contributed by atoms with E-state index in [9.17, 15) is 4.79 Å². The number of esters is 1. The molecule has 1 aromatic heterocycles. The molecule has 1 aliphatic carbocycles. The highest BCUT2D eigenvalue weighted by Gasteiger charge is 2.34. The Hall–Kier alpha value is -2.98. The molecule has 2 heterocycles. The Kier molecular flexibility index (Phi) is 8.05. The summed E-state index contributed by atoms with van der Waals surface area (Å²) in [6.45, 7) is 4.28. The second-order valence-electron chi connectivity index (χ2n) is 9.26. The summed E-state index contributed by atoms with van der Waals surface area (Å²) >= 11 is 13.0. The van der Waals surface area contributed by atoms with E-state index in [1.54, 1.807) is 6.92 Å². The van der Waals surface area contributed by atoms with Crippen LogP contribution in [0, 0.1) is 11.8 Å². The van der Waals surface area contributed by atoms with E-state index in [1.807, 2.05) is 42.5 Å². The number of carbonyl (C=O) groups excluding carboxylic acids is 1. The summed E-state index contributed by atoms with van der Waals surface area (Å²) in [5, 5.41) is 5.46. The Morgan fingerprint density at radius 2 is 1.78 bits per heavy atom. The maximum Gasteiger partial charge on any atom is 0.384 e. The molecule has 0 unspecified atom stereocenters. The highest BCUT2D eigenvalue weighted by atomic mass is 35.5. The van der Waals surface area contributed by atoms with Crippen LogP contribution in [0.1, 0.15) is 55.4 Å². The van der Waals surface area contributed by atoms with E-state index >= 15 is 0 Å². The molecule has 0 N–H and O–H groups in total. The number of benzene rings is 2. The molecule has 6 nitrogen and oxygen atoms in total. The molecular formula is C29H28Cl2N2O4. The third-order valence-corrected chi connectivity index (χ3v) is 7.32. The third-order valence-electron chi connectivity index (χ3n) is 6.69. The molecule has 2 aliphatic rings. The molecule has 0 spiro atoms. The number of rotatable bonds is 7. The van der Waals surface area contributed by atoms with Crippen LogP contribution in [0.15, 0.2) is 47.0 Å². The van der Waals surface area contributed by atoms with E-state index in [4.69, 9.17) is 37.2 Å². The Labute approximate surface area is 226 Å². The zero-order valence-electron chi connectivity index (χ0n) is 20.6. The number of nitrogens with zero attached hydrogens (tertiary/aromatic N) is 2. The van der Waals surface area contributed by atoms with Crippen molar-refractivity contribution >= 4 is 34.9 Å². The second-order valence-corrected chi connectivity index (χ2v) is 10.1. The maximum absolute atomic E-state index is 11.4. The molecular weight excluding hydrogens is 511 g/mol. The number of piperidine rings is 1. The van der Waals surface area contributed by atoms with E-state index < -0.39 is 5.97 Å². The molecule has 0 amide bonds. The van der Waals surface area contributed by atoms with Crippen LogP contribution in [-0.4, -0.2) is 36.9 Å². The standard InChI is InChI=1S/C29H28Cl2N2O4/c1-2-35-26(34)13-8-19-6-11-21(12-7-19)33-16-14-22(15-17-33)36-18-23-28(32-37-29(23)20-9-10-20)27-24(30)4-3-5-25(27)31/h3-7,11-12,20,22H,2,9-10,14-18H2,1H3. The quantitative estimate of drug-likeness (QED) is 0.248. The van der Waals surface area contributed by atoms with Crippen molar-refractivity contribution in [3.63, 3.8) is 0 Å². The van der Waals surface area contributed by atoms with Crippen molar-refractivity contribution in [2.75, 3.05) is 24.6 Å². The molecule has 0 radical (unpaired) electrons. The van der Waals surface area contributed by atoms with E-state index in [2.05, 4.69) is 21.9 Å². The zero-order chi connectivity index (χ0) is 25.8. The summed E-state index contributed by atoms with van der Waals surface area (Å²) in [6.07, 6.45) is 4.17. The fraction of sp³-hybridized carbons (Fsp3) is 0.379. The van der Waals surface area contributed by atoms with Crippen molar-refractivity contribution < 1.29 is 18.8 Å². The first-order valence-electron chi connectivity index (χ1n) is 12.6. The fourth-order valence-electron chi connectivity index (χ4n) is 4.58. The molecule has 0 atom stereocenters. The van der Waals surface area contributed by atoms with Gasteiger partial charge in [0.2, 0.25) is 0 Å². The molecule has 2 aromatic carbocycles. The molecule has 192 valence electrons. The summed E-state index contributed by atoms with van der Waals surface area (Å²) < 4.78 is 17.0. The number of hydrogen-bond donors (Lipinski definition) is 0. The molecule has 37 heavy (non-hydrogen) atoms. The maximum atomic E-state index is 11.4. The normalized spacial score (nSPS) is 15.8. The van der Waals surface area contributed by atoms with Gasteiger partial charge in [-0.3, -0.25) is 0 Å². The third kappa shape index (κ3) is 6.13. The number of hydrogen-bond acceptors (Lipinski definition) is 6. The smallest absolute Gasteiger partial charge is 0.384 e. The van der Waals surface area contributed by atoms with Crippen LogP contribution in [0.3, 0.4) is 0 Å². The Morgan fingerprint density at radius 1 is 1.08 bits per heavy atom. The highest BCUT2D eigenvalue weighted by molar-refractivity contribution is 6.39. The lowest BCUT2D eigenvalue weighted by atomic mass is 10.0. The molecule has 0 bridgehead atoms. The van der Waals surface area contributed by atoms with Crippen LogP contribution >= 0.6 is 23.2 Å². The van der Waals surface area contributed by atoms with E-state index in [1.165, 1.54) is 0 Å². The van der Waals surface area contributed by atoms with Crippen LogP contribution in [0.5, 0.6) is 0 Å². The minimum absolute atomic E-state index is 0.141. The van der Waals surface area contributed by atoms with Gasteiger partial charge in [-0.05, 0) is 69.0 Å². The van der Waals surface area contributed by atoms with E-state index in [0.717, 1.165) is 61.3 Å². The second kappa shape index (κ2) is 11.6. The van der Waals surface area contributed by atoms with Crippen LogP contribution in [0.25, 0.3) is 11.3 Å². The molecule has 1 saturated carbocycles. The summed E-state index contributed by atoms with van der Waals surface area (Å²) in [6, 6.07) is 13.4. The van der Waals surface area contributed by atoms with Gasteiger partial charge in [-0.15, -0.1) is 0 Å². The molecule has 8 heteroatoms. The highest BCUT2D eigenvalue weighted by Crippen LogP contribution is 2.46. The first-order chi connectivity index (χ1) is 18.0. The van der Waals surface area contributed by atoms with Crippen molar-refractivity contribution in [3.05, 3.63) is 69.4 Å². The minimum atomic E-state index is -0.508. The largest absolute Gasteiger partial charge is 0.456 e. The lowest BCUT2D eigenvalue weighted by molar-refractivity contribution is -0.136. The SMILES string of the molecule is CCOC(=O)C#Cc1ccc(N2CCC(OCc3c(-c4c(Cl)cccc4Cl)noc3C3CC3)CC2)cc1. The van der Waals surface area contributed by atoms with Gasteiger partial charge >= 0.3 is 5.97 Å². The van der Waals surface area contributed by atoms with Crippen molar-refractivity contribution in [2.24, 2.45) is 0 Å². The van der Waals surface area contributed by atoms with Gasteiger partial charge in [-0.1, -0.05) is 40.3 Å². The monoisotopic (exact) mass is 538 g/mol. The average Bonchev–Trinajstić information content (AvgIpc) is 3.67. The minimum Gasteiger partial charge on any atom is -0.456 e. The van der Waals surface area contributed by atoms with Gasteiger partial charge in [0.1, 0.15) is 11.5 Å². The number of aromatic nitrogens is 1. The van der Waals surface area contributed by atoms with Crippen molar-refractivity contribution in [1.82, 2.24) is 5.16 Å². The Morgan fingerprint density at radius 3 is 2.43 bits per heavy atom. The molecule has 2 fully saturated rings. The van der Waals surface area contributed by atoms with E-state index in [0.29, 0.717) is 40.4 Å². The first kappa shape index (κ1) is 25.7. The topological polar surface area (TPSA) is 64.8 Å². The van der Waals surface area contributed by atoms with Crippen molar-refractivity contribution in [1.29, 1.82) is 0 Å². The molecule has 5 rings (SSSR count). The van der Waals surface area contributed by atoms with Crippen LogP contribution < -0.4 is 4.90 Å². The summed E-state index contributed by atoms with van der Waals surface area (Å²) in [7, 11) is 0. The Balaban J connectivity index is 1.20. The van der Waals surface area contributed by atoms with Crippen LogP contribution in [0.4, 0.5) is 5.69 Å². The van der Waals surface area contributed by atoms with Crippen molar-refractivity contribution in [2.45, 2.75) is 51.2 Å². The summed E-state index contributed by atoms with van der Waals surface area (Å²) in [4.78, 5) is 13.8. The zero-order valence-corrected chi connectivity index (χ0v) is 22.1. The average molecular weight is 539 g/mol. The number of halogens is 2. The van der Waals surface area contributed by atoms with Gasteiger partial charge in [-0.25, -0.2) is 4.79 Å². The lowest BCUT2D eigenvalue weighted by Gasteiger charge is -2.33. The van der Waals surface area contributed by atoms with Gasteiger partial charge in [0, 0.05) is 47.3 Å². The molecule has 1 saturated heterocycles. The van der Waals surface area contributed by atoms with E-state index in [-0.39, 0.29) is 6.10 Å². The summed E-state index contributed by atoms with van der Waals surface area (Å²) in [5.41, 5.74) is 4.25. The molecule has 1 aliphatic heterocycles. The summed E-state index contributed by atoms with van der Waals surface area (Å²) in [5.74, 6) is 6.13. The van der Waals surface area contributed by atoms with Crippen molar-refractivity contribution in [3.8, 4) is 23.1 Å². The van der Waals surface area contributed by atoms with Gasteiger partial charge in [-0.2, -0.15) is 0 Å². The first-order valence-corrected chi connectivity index (χ1v) is 13.4. The lowest BCUT2D eigenvalue weighted by Crippen LogP contribution is -2.37. The Bertz CT molecular complexity index is 1290. The number of anilines is 1. The predicted molar refractivity (Wildman–Crippen MR) is 144 cm³/mol. The van der Waals surface area contributed by atoms with Gasteiger partial charge in [0.25, 0.3) is 0 Å². The van der Waals surface area contributed by atoms with Gasteiger partial charge in [0.05, 0.1) is 29.4 Å².